The topological polar surface area (TPSA) is 107 Å². The van der Waals surface area contributed by atoms with Crippen LogP contribution in [0.2, 0.25) is 0 Å². The average molecular weight is 456 g/mol. The summed E-state index contributed by atoms with van der Waals surface area (Å²) < 4.78 is 45.1. The molecule has 2 aromatic heterocycles. The van der Waals surface area contributed by atoms with E-state index in [1.54, 1.807) is 23.1 Å². The van der Waals surface area contributed by atoms with E-state index in [2.05, 4.69) is 10.1 Å². The SMILES string of the molecule is Cn1ccc(C(=O)N2CC3(C2)OCCC3CCOc2ccccn2)n1.O=C(O)C(F)(F)F. The number of aliphatic carboxylic acids is 1. The molecule has 0 aliphatic carbocycles. The molecule has 0 saturated carbocycles. The number of amides is 1. The van der Waals surface area contributed by atoms with Crippen LogP contribution in [0.3, 0.4) is 0 Å². The van der Waals surface area contributed by atoms with Crippen LogP contribution in [0.1, 0.15) is 23.3 Å². The van der Waals surface area contributed by atoms with Gasteiger partial charge in [-0.3, -0.25) is 9.48 Å². The molecule has 0 bridgehead atoms. The Labute approximate surface area is 181 Å². The van der Waals surface area contributed by atoms with Crippen molar-refractivity contribution < 1.29 is 37.3 Å². The van der Waals surface area contributed by atoms with Crippen molar-refractivity contribution in [3.8, 4) is 5.88 Å². The molecule has 0 radical (unpaired) electrons. The first-order chi connectivity index (χ1) is 15.1. The number of carbonyl (C=O) groups excluding carboxylic acids is 1. The van der Waals surface area contributed by atoms with Crippen molar-refractivity contribution >= 4 is 11.9 Å². The van der Waals surface area contributed by atoms with Gasteiger partial charge in [0.05, 0.1) is 19.7 Å². The number of nitrogens with zero attached hydrogens (tertiary/aromatic N) is 4. The number of carboxylic acids is 1. The van der Waals surface area contributed by atoms with Crippen molar-refractivity contribution in [2.24, 2.45) is 13.0 Å². The fourth-order valence-electron chi connectivity index (χ4n) is 3.72. The molecular formula is C20H23F3N4O5. The number of hydrogen-bond donors (Lipinski definition) is 1. The fourth-order valence-corrected chi connectivity index (χ4v) is 3.72. The first-order valence-corrected chi connectivity index (χ1v) is 9.87. The largest absolute Gasteiger partial charge is 0.490 e. The highest BCUT2D eigenvalue weighted by molar-refractivity contribution is 5.93. The molecule has 1 spiro atoms. The summed E-state index contributed by atoms with van der Waals surface area (Å²) in [6, 6.07) is 7.39. The Kier molecular flexibility index (Phi) is 7.02. The molecule has 2 aromatic rings. The number of alkyl halides is 3. The molecule has 0 aromatic carbocycles. The minimum Gasteiger partial charge on any atom is -0.478 e. The highest BCUT2D eigenvalue weighted by atomic mass is 19.4. The van der Waals surface area contributed by atoms with Crippen LogP contribution in [0, 0.1) is 5.92 Å². The normalized spacial score (nSPS) is 19.1. The van der Waals surface area contributed by atoms with E-state index in [1.807, 2.05) is 30.1 Å². The summed E-state index contributed by atoms with van der Waals surface area (Å²) in [6.07, 6.45) is 0.342. The van der Waals surface area contributed by atoms with Crippen molar-refractivity contribution in [3.63, 3.8) is 0 Å². The summed E-state index contributed by atoms with van der Waals surface area (Å²) in [5.41, 5.74) is 0.281. The third-order valence-electron chi connectivity index (χ3n) is 5.33. The Morgan fingerprint density at radius 1 is 1.31 bits per heavy atom. The Balaban J connectivity index is 0.000000360. The second-order valence-electron chi connectivity index (χ2n) is 7.54. The summed E-state index contributed by atoms with van der Waals surface area (Å²) in [6.45, 7) is 2.63. The van der Waals surface area contributed by atoms with E-state index >= 15 is 0 Å². The lowest BCUT2D eigenvalue weighted by atomic mass is 9.79. The molecule has 9 nitrogen and oxygen atoms in total. The van der Waals surface area contributed by atoms with Crippen molar-refractivity contribution in [3.05, 3.63) is 42.4 Å². The van der Waals surface area contributed by atoms with E-state index in [9.17, 15) is 18.0 Å². The molecule has 12 heteroatoms. The number of rotatable bonds is 5. The van der Waals surface area contributed by atoms with Crippen LogP contribution in [-0.4, -0.2) is 74.7 Å². The minimum atomic E-state index is -5.08. The van der Waals surface area contributed by atoms with E-state index in [1.165, 1.54) is 0 Å². The van der Waals surface area contributed by atoms with E-state index in [0.717, 1.165) is 19.4 Å². The highest BCUT2D eigenvalue weighted by Crippen LogP contribution is 2.42. The van der Waals surface area contributed by atoms with Crippen molar-refractivity contribution in [2.75, 3.05) is 26.3 Å². The number of aromatic nitrogens is 3. The molecule has 1 amide bonds. The van der Waals surface area contributed by atoms with Gasteiger partial charge in [0.2, 0.25) is 5.88 Å². The van der Waals surface area contributed by atoms with Gasteiger partial charge in [-0.15, -0.1) is 0 Å². The minimum absolute atomic E-state index is 0.0230. The monoisotopic (exact) mass is 456 g/mol. The Bertz CT molecular complexity index is 929. The molecule has 4 rings (SSSR count). The number of likely N-dealkylation sites (tertiary alicyclic amines) is 1. The first-order valence-electron chi connectivity index (χ1n) is 9.87. The smallest absolute Gasteiger partial charge is 0.478 e. The molecule has 1 N–H and O–H groups in total. The quantitative estimate of drug-likeness (QED) is 0.735. The van der Waals surface area contributed by atoms with Gasteiger partial charge in [0.1, 0.15) is 11.3 Å². The van der Waals surface area contributed by atoms with Crippen LogP contribution in [0.5, 0.6) is 5.88 Å². The Hall–Kier alpha value is -3.15. The molecule has 4 heterocycles. The van der Waals surface area contributed by atoms with Gasteiger partial charge in [0.25, 0.3) is 5.91 Å². The van der Waals surface area contributed by atoms with Gasteiger partial charge in [-0.2, -0.15) is 18.3 Å². The number of halogens is 3. The Morgan fingerprint density at radius 2 is 2.03 bits per heavy atom. The second-order valence-corrected chi connectivity index (χ2v) is 7.54. The zero-order valence-corrected chi connectivity index (χ0v) is 17.3. The zero-order valence-electron chi connectivity index (χ0n) is 17.3. The van der Waals surface area contributed by atoms with Gasteiger partial charge in [0, 0.05) is 32.1 Å². The van der Waals surface area contributed by atoms with E-state index in [0.29, 0.717) is 37.2 Å². The molecule has 2 aliphatic heterocycles. The first kappa shape index (κ1) is 23.5. The Morgan fingerprint density at radius 3 is 2.59 bits per heavy atom. The van der Waals surface area contributed by atoms with Crippen molar-refractivity contribution in [1.29, 1.82) is 0 Å². The van der Waals surface area contributed by atoms with Crippen LogP contribution in [0.4, 0.5) is 13.2 Å². The number of ether oxygens (including phenoxy) is 2. The maximum Gasteiger partial charge on any atom is 0.490 e. The van der Waals surface area contributed by atoms with E-state index < -0.39 is 12.1 Å². The third-order valence-corrected chi connectivity index (χ3v) is 5.33. The van der Waals surface area contributed by atoms with Crippen LogP contribution in [0.15, 0.2) is 36.7 Å². The summed E-state index contributed by atoms with van der Waals surface area (Å²) in [5.74, 6) is -1.72. The third kappa shape index (κ3) is 5.55. The lowest BCUT2D eigenvalue weighted by Crippen LogP contribution is -2.66. The van der Waals surface area contributed by atoms with Gasteiger partial charge in [0.15, 0.2) is 0 Å². The highest BCUT2D eigenvalue weighted by Gasteiger charge is 2.54. The second kappa shape index (κ2) is 9.55. The van der Waals surface area contributed by atoms with E-state index in [4.69, 9.17) is 19.4 Å². The average Bonchev–Trinajstić information content (AvgIpc) is 3.33. The zero-order chi connectivity index (χ0) is 23.4. The molecule has 2 fully saturated rings. The maximum absolute atomic E-state index is 12.4. The molecule has 174 valence electrons. The van der Waals surface area contributed by atoms with Crippen molar-refractivity contribution in [2.45, 2.75) is 24.6 Å². The lowest BCUT2D eigenvalue weighted by molar-refractivity contribution is -0.192. The standard InChI is InChI=1S/C18H22N4O3.C2HF3O2/c1-21-9-5-15(20-21)17(23)22-12-18(13-22)14(7-11-25-18)6-10-24-16-4-2-3-8-19-16;3-2(4,5)1(6)7/h2-5,8-9,14H,6-7,10-13H2,1H3;(H,6,7). The number of hydrogen-bond acceptors (Lipinski definition) is 6. The predicted octanol–water partition coefficient (Wildman–Crippen LogP) is 2.15. The predicted molar refractivity (Wildman–Crippen MR) is 104 cm³/mol. The summed E-state index contributed by atoms with van der Waals surface area (Å²) in [7, 11) is 1.81. The lowest BCUT2D eigenvalue weighted by Gasteiger charge is -2.50. The fraction of sp³-hybridized carbons (Fsp3) is 0.500. The van der Waals surface area contributed by atoms with Crippen LogP contribution in [0.25, 0.3) is 0 Å². The number of pyridine rings is 1. The molecule has 2 saturated heterocycles. The van der Waals surface area contributed by atoms with Crippen LogP contribution < -0.4 is 4.74 Å². The van der Waals surface area contributed by atoms with Crippen molar-refractivity contribution in [1.82, 2.24) is 19.7 Å². The van der Waals surface area contributed by atoms with Gasteiger partial charge < -0.3 is 19.5 Å². The summed E-state index contributed by atoms with van der Waals surface area (Å²) in [4.78, 5) is 27.3. The molecule has 1 atom stereocenters. The number of aryl methyl sites for hydroxylation is 1. The number of carboxylic acid groups (broad SMARTS) is 1. The molecular weight excluding hydrogens is 433 g/mol. The van der Waals surface area contributed by atoms with Crippen LogP contribution >= 0.6 is 0 Å². The molecule has 2 aliphatic rings. The number of carbonyl (C=O) groups is 2. The van der Waals surface area contributed by atoms with Crippen LogP contribution in [-0.2, 0) is 16.6 Å². The summed E-state index contributed by atoms with van der Waals surface area (Å²) in [5, 5.41) is 11.3. The molecule has 32 heavy (non-hydrogen) atoms. The van der Waals surface area contributed by atoms with E-state index in [-0.39, 0.29) is 11.5 Å². The van der Waals surface area contributed by atoms with Gasteiger partial charge in [-0.25, -0.2) is 9.78 Å². The van der Waals surface area contributed by atoms with Gasteiger partial charge in [-0.1, -0.05) is 6.07 Å². The molecule has 1 unspecified atom stereocenters. The maximum atomic E-state index is 12.4. The van der Waals surface area contributed by atoms with Gasteiger partial charge in [-0.05, 0) is 30.9 Å². The summed E-state index contributed by atoms with van der Waals surface area (Å²) >= 11 is 0. The van der Waals surface area contributed by atoms with Gasteiger partial charge >= 0.3 is 12.1 Å².